The van der Waals surface area contributed by atoms with Gasteiger partial charge in [-0.15, -0.1) is 5.10 Å². The highest BCUT2D eigenvalue weighted by atomic mass is 79.9. The number of ether oxygens (including phenoxy) is 2. The van der Waals surface area contributed by atoms with Crippen LogP contribution in [0.25, 0.3) is 0 Å². The fraction of sp³-hybridized carbons (Fsp3) is 0.405. The Kier molecular flexibility index (Phi) is 10.3. The van der Waals surface area contributed by atoms with Crippen molar-refractivity contribution in [1.82, 2.24) is 15.0 Å². The number of amides is 2. The number of hydrogen-bond donors (Lipinski definition) is 3. The first-order valence-corrected chi connectivity index (χ1v) is 20.8. The number of aryl methyl sites for hydroxylation is 1. The topological polar surface area (TPSA) is 139 Å². The molecule has 1 spiro atoms. The van der Waals surface area contributed by atoms with E-state index in [4.69, 9.17) is 9.47 Å². The lowest BCUT2D eigenvalue weighted by molar-refractivity contribution is -0.146. The Balaban J connectivity index is 1.39. The van der Waals surface area contributed by atoms with E-state index in [0.29, 0.717) is 25.1 Å². The average molecular weight is 763 g/mol. The van der Waals surface area contributed by atoms with Crippen LogP contribution in [-0.2, 0) is 39.4 Å². The quantitative estimate of drug-likeness (QED) is 0.176. The van der Waals surface area contributed by atoms with Gasteiger partial charge in [0.2, 0.25) is 0 Å². The Morgan fingerprint density at radius 2 is 1.92 bits per heavy atom. The summed E-state index contributed by atoms with van der Waals surface area (Å²) in [5.74, 6) is -0.00580. The Bertz CT molecular complexity index is 1870. The van der Waals surface area contributed by atoms with Crippen LogP contribution in [0.3, 0.4) is 0 Å². The molecule has 3 aromatic carbocycles. The summed E-state index contributed by atoms with van der Waals surface area (Å²) < 4.78 is 15.4. The van der Waals surface area contributed by atoms with Gasteiger partial charge in [0.05, 0.1) is 39.2 Å². The van der Waals surface area contributed by atoms with E-state index < -0.39 is 25.7 Å². The molecule has 3 N–H and O–H groups in total. The first-order valence-electron chi connectivity index (χ1n) is 16.9. The number of carbonyl (C=O) groups excluding carboxylic acids is 2. The third kappa shape index (κ3) is 6.64. The second kappa shape index (κ2) is 14.4. The van der Waals surface area contributed by atoms with E-state index in [2.05, 4.69) is 63.7 Å². The molecule has 4 aromatic rings. The zero-order valence-electron chi connectivity index (χ0n) is 29.0. The fourth-order valence-corrected chi connectivity index (χ4v) is 12.2. The summed E-state index contributed by atoms with van der Waals surface area (Å²) in [7, 11) is -0.681. The maximum absolute atomic E-state index is 15.1. The minimum Gasteiger partial charge on any atom is -0.497 e. The van der Waals surface area contributed by atoms with Gasteiger partial charge in [0.15, 0.2) is 5.60 Å². The van der Waals surface area contributed by atoms with Crippen LogP contribution >= 0.6 is 15.9 Å². The molecule has 2 aliphatic rings. The highest BCUT2D eigenvalue weighted by molar-refractivity contribution is 9.10. The van der Waals surface area contributed by atoms with Gasteiger partial charge in [-0.3, -0.25) is 14.3 Å². The highest BCUT2D eigenvalue weighted by Crippen LogP contribution is 2.60. The number of rotatable bonds is 12. The minimum atomic E-state index is -2.34. The number of anilines is 2. The van der Waals surface area contributed by atoms with Crippen molar-refractivity contribution in [2.75, 3.05) is 23.9 Å². The molecule has 1 saturated heterocycles. The van der Waals surface area contributed by atoms with Crippen LogP contribution in [0.15, 0.2) is 77.4 Å². The molecule has 1 fully saturated rings. The zero-order valence-corrected chi connectivity index (χ0v) is 31.6. The number of hydrogen-bond acceptors (Lipinski definition) is 8. The van der Waals surface area contributed by atoms with Crippen LogP contribution in [0.2, 0.25) is 18.6 Å². The van der Waals surface area contributed by atoms with Crippen molar-refractivity contribution < 1.29 is 29.3 Å². The number of nitrogens with one attached hydrogen (secondary N) is 1. The van der Waals surface area contributed by atoms with Gasteiger partial charge >= 0.3 is 0 Å². The van der Waals surface area contributed by atoms with E-state index in [1.165, 1.54) is 12.1 Å². The third-order valence-corrected chi connectivity index (χ3v) is 15.2. The summed E-state index contributed by atoms with van der Waals surface area (Å²) in [6.45, 7) is 9.10. The smallest absolute Gasteiger partial charge is 0.264 e. The summed E-state index contributed by atoms with van der Waals surface area (Å²) in [5, 5.41) is 31.6. The molecule has 3 heterocycles. The van der Waals surface area contributed by atoms with Crippen molar-refractivity contribution in [3.63, 3.8) is 0 Å². The molecule has 2 amide bonds. The number of aromatic nitrogens is 3. The van der Waals surface area contributed by atoms with Crippen molar-refractivity contribution in [2.24, 2.45) is 5.92 Å². The van der Waals surface area contributed by atoms with Crippen LogP contribution in [0.4, 0.5) is 11.4 Å². The van der Waals surface area contributed by atoms with Crippen molar-refractivity contribution in [3.8, 4) is 5.75 Å². The Morgan fingerprint density at radius 1 is 1.16 bits per heavy atom. The molecule has 0 saturated carbocycles. The monoisotopic (exact) mass is 761 g/mol. The predicted molar refractivity (Wildman–Crippen MR) is 197 cm³/mol. The number of aliphatic hydroxyl groups is 2. The Morgan fingerprint density at radius 3 is 2.62 bits per heavy atom. The first kappa shape index (κ1) is 35.9. The Hall–Kier alpha value is -3.88. The zero-order chi connectivity index (χ0) is 35.8. The molecule has 0 unspecified atom stereocenters. The number of methoxy groups -OCH3 is 1. The van der Waals surface area contributed by atoms with E-state index in [-0.39, 0.29) is 36.6 Å². The molecule has 1 aromatic heterocycles. The van der Waals surface area contributed by atoms with Crippen LogP contribution in [0, 0.1) is 5.92 Å². The summed E-state index contributed by atoms with van der Waals surface area (Å²) in [6, 6.07) is 21.5. The summed E-state index contributed by atoms with van der Waals surface area (Å²) >= 11 is 3.68. The molecule has 11 nitrogen and oxygen atoms in total. The van der Waals surface area contributed by atoms with Gasteiger partial charge in [0, 0.05) is 47.4 Å². The van der Waals surface area contributed by atoms with Crippen molar-refractivity contribution in [3.05, 3.63) is 94.2 Å². The molecule has 0 bridgehead atoms. The lowest BCUT2D eigenvalue weighted by Gasteiger charge is -2.37. The summed E-state index contributed by atoms with van der Waals surface area (Å²) in [5.41, 5.74) is 2.53. The molecule has 5 atom stereocenters. The number of fused-ring (bicyclic) bond motifs is 2. The molecule has 0 radical (unpaired) electrons. The summed E-state index contributed by atoms with van der Waals surface area (Å²) in [4.78, 5) is 29.1. The Labute approximate surface area is 301 Å². The van der Waals surface area contributed by atoms with E-state index in [1.807, 2.05) is 54.7 Å². The van der Waals surface area contributed by atoms with Gasteiger partial charge in [-0.25, -0.2) is 0 Å². The second-order valence-corrected chi connectivity index (χ2v) is 19.4. The van der Waals surface area contributed by atoms with Gasteiger partial charge in [-0.1, -0.05) is 70.6 Å². The van der Waals surface area contributed by atoms with Crippen LogP contribution in [0.1, 0.15) is 37.1 Å². The molecule has 2 aliphatic heterocycles. The van der Waals surface area contributed by atoms with Crippen molar-refractivity contribution in [2.45, 2.75) is 76.2 Å². The molecule has 13 heteroatoms. The number of halogens is 1. The van der Waals surface area contributed by atoms with Crippen molar-refractivity contribution >= 4 is 52.4 Å². The molecule has 264 valence electrons. The number of carbonyl (C=O) groups is 2. The highest BCUT2D eigenvalue weighted by Gasteiger charge is 2.66. The predicted octanol–water partition coefficient (Wildman–Crippen LogP) is 4.76. The molecule has 6 rings (SSSR count). The van der Waals surface area contributed by atoms with E-state index in [9.17, 15) is 15.0 Å². The average Bonchev–Trinajstić information content (AvgIpc) is 3.74. The van der Waals surface area contributed by atoms with E-state index in [1.54, 1.807) is 22.8 Å². The lowest BCUT2D eigenvalue weighted by atomic mass is 9.82. The standard InChI is InChI=1S/C37H44BrN5O6Si/c1-23-34(50(4,5)30-12-10-29(48-3)11-13-30)33(15-17-42-22-28(16-18-44)40-41-42)49-37(23)31-20-26(38)9-14-32(31)43(36(37)47)21-25-7-6-8-27(19-25)39-35(46)24(2)45/h6-14,19-20,22-24,33-34,44-45H,15-18,21H2,1-5H3,(H,39,46)/t23-,24+,33+,34-,37+/m1/s1. The van der Waals surface area contributed by atoms with Gasteiger partial charge in [0.25, 0.3) is 11.8 Å². The first-order chi connectivity index (χ1) is 23.9. The SMILES string of the molecule is COc1ccc([Si](C)(C)[C@H]2[C@H](CCn3cc(CCO)nn3)O[C@@]3(C(=O)N(Cc4cccc(NC(=O)[C@H](C)O)c4)c4ccc(Br)cc43)[C@@H]2C)cc1. The normalized spacial score (nSPS) is 22.2. The summed E-state index contributed by atoms with van der Waals surface area (Å²) in [6.07, 6.45) is 1.49. The maximum Gasteiger partial charge on any atom is 0.264 e. The van der Waals surface area contributed by atoms with Gasteiger partial charge in [-0.05, 0) is 66.9 Å². The minimum absolute atomic E-state index is 0.00254. The molecule has 50 heavy (non-hydrogen) atoms. The number of aliphatic hydroxyl groups excluding tert-OH is 2. The van der Waals surface area contributed by atoms with Crippen molar-refractivity contribution in [1.29, 1.82) is 0 Å². The van der Waals surface area contributed by atoms with Crippen LogP contribution < -0.4 is 20.1 Å². The van der Waals surface area contributed by atoms with Gasteiger partial charge in [-0.2, -0.15) is 0 Å². The van der Waals surface area contributed by atoms with E-state index >= 15 is 4.79 Å². The molecular formula is C37H44BrN5O6Si. The fourth-order valence-electron chi connectivity index (χ4n) is 7.83. The second-order valence-electron chi connectivity index (χ2n) is 13.8. The van der Waals surface area contributed by atoms with Gasteiger partial charge < -0.3 is 29.9 Å². The number of nitrogens with zero attached hydrogens (tertiary/aromatic N) is 4. The largest absolute Gasteiger partial charge is 0.497 e. The van der Waals surface area contributed by atoms with E-state index in [0.717, 1.165) is 32.7 Å². The maximum atomic E-state index is 15.1. The van der Waals surface area contributed by atoms with Crippen LogP contribution in [0.5, 0.6) is 5.75 Å². The number of benzene rings is 3. The molecule has 0 aliphatic carbocycles. The van der Waals surface area contributed by atoms with Gasteiger partial charge in [0.1, 0.15) is 11.9 Å². The lowest BCUT2D eigenvalue weighted by Crippen LogP contribution is -2.51. The third-order valence-electron chi connectivity index (χ3n) is 10.3. The van der Waals surface area contributed by atoms with Crippen LogP contribution in [-0.4, -0.2) is 71.0 Å². The molecular weight excluding hydrogens is 718 g/mol.